The number of hydrogen-bond donors (Lipinski definition) is 0. The maximum absolute atomic E-state index is 11.8. The molecule has 0 N–H and O–H groups in total. The lowest BCUT2D eigenvalue weighted by atomic mass is 10.0. The summed E-state index contributed by atoms with van der Waals surface area (Å²) in [7, 11) is 0. The number of imide groups is 1. The van der Waals surface area contributed by atoms with Gasteiger partial charge in [0.25, 0.3) is 11.8 Å². The summed E-state index contributed by atoms with van der Waals surface area (Å²) in [5.74, 6) is -0.312. The Morgan fingerprint density at radius 1 is 0.875 bits per heavy atom. The lowest BCUT2D eigenvalue weighted by Gasteiger charge is -2.24. The van der Waals surface area contributed by atoms with Crippen LogP contribution >= 0.6 is 0 Å². The highest BCUT2D eigenvalue weighted by molar-refractivity contribution is 6.12. The van der Waals surface area contributed by atoms with Crippen LogP contribution < -0.4 is 0 Å². The molecule has 0 aromatic heterocycles. The van der Waals surface area contributed by atoms with Gasteiger partial charge in [-0.3, -0.25) is 24.1 Å². The predicted octanol–water partition coefficient (Wildman–Crippen LogP) is 1.44. The molecule has 0 radical (unpaired) electrons. The van der Waals surface area contributed by atoms with Gasteiger partial charge in [0.15, 0.2) is 0 Å². The number of nitrogens with zero attached hydrogens (tertiary/aromatic N) is 2. The van der Waals surface area contributed by atoms with E-state index in [-0.39, 0.29) is 41.8 Å². The summed E-state index contributed by atoms with van der Waals surface area (Å²) in [5.41, 5.74) is 0. The molecule has 24 heavy (non-hydrogen) atoms. The average molecular weight is 336 g/mol. The molecule has 0 saturated carbocycles. The maximum atomic E-state index is 11.8. The van der Waals surface area contributed by atoms with Crippen molar-refractivity contribution in [3.05, 3.63) is 12.2 Å². The highest BCUT2D eigenvalue weighted by Crippen LogP contribution is 2.07. The van der Waals surface area contributed by atoms with Gasteiger partial charge in [-0.2, -0.15) is 0 Å². The first-order valence-electron chi connectivity index (χ1n) is 8.53. The quantitative estimate of drug-likeness (QED) is 0.534. The van der Waals surface area contributed by atoms with Crippen molar-refractivity contribution in [2.24, 2.45) is 11.8 Å². The Balaban J connectivity index is 2.55. The second-order valence-electron chi connectivity index (χ2n) is 6.75. The predicted molar refractivity (Wildman–Crippen MR) is 91.2 cm³/mol. The molecule has 1 aliphatic heterocycles. The third kappa shape index (κ3) is 6.35. The highest BCUT2D eigenvalue weighted by Gasteiger charge is 2.24. The van der Waals surface area contributed by atoms with Crippen molar-refractivity contribution in [1.29, 1.82) is 0 Å². The van der Waals surface area contributed by atoms with Crippen LogP contribution in [0, 0.1) is 11.8 Å². The molecule has 0 bridgehead atoms. The second kappa shape index (κ2) is 9.47. The first kappa shape index (κ1) is 20.2. The summed E-state index contributed by atoms with van der Waals surface area (Å²) in [6.45, 7) is 9.26. The number of carbonyl (C=O) groups excluding carboxylic acids is 4. The Kier molecular flexibility index (Phi) is 7.98. The van der Waals surface area contributed by atoms with E-state index in [1.54, 1.807) is 0 Å². The van der Waals surface area contributed by atoms with Crippen LogP contribution in [0.15, 0.2) is 12.2 Å². The molecular weight excluding hydrogens is 308 g/mol. The van der Waals surface area contributed by atoms with Crippen molar-refractivity contribution in [3.8, 4) is 0 Å². The fourth-order valence-electron chi connectivity index (χ4n) is 2.34. The zero-order valence-corrected chi connectivity index (χ0v) is 15.1. The van der Waals surface area contributed by atoms with Crippen molar-refractivity contribution in [2.45, 2.75) is 40.5 Å². The lowest BCUT2D eigenvalue weighted by Crippen LogP contribution is -2.40. The smallest absolute Gasteiger partial charge is 0.253 e. The van der Waals surface area contributed by atoms with Gasteiger partial charge in [0, 0.05) is 63.0 Å². The van der Waals surface area contributed by atoms with Gasteiger partial charge in [0.05, 0.1) is 0 Å². The molecule has 0 aliphatic carbocycles. The van der Waals surface area contributed by atoms with Crippen molar-refractivity contribution >= 4 is 23.4 Å². The average Bonchev–Trinajstić information content (AvgIpc) is 2.84. The van der Waals surface area contributed by atoms with Crippen LogP contribution in [0.4, 0.5) is 0 Å². The highest BCUT2D eigenvalue weighted by atomic mass is 16.2. The standard InChI is InChI=1S/C18H28N2O4/c1-13(2)15(21)7-9-19(10-8-16(22)14(3)4)11-12-20-17(23)5-6-18(20)24/h5-6,13-14H,7-12H2,1-4H3. The first-order valence-corrected chi connectivity index (χ1v) is 8.53. The van der Waals surface area contributed by atoms with Crippen LogP contribution in [0.3, 0.4) is 0 Å². The number of hydrogen-bond acceptors (Lipinski definition) is 5. The lowest BCUT2D eigenvalue weighted by molar-refractivity contribution is -0.137. The minimum atomic E-state index is -0.309. The fraction of sp³-hybridized carbons (Fsp3) is 0.667. The molecule has 0 saturated heterocycles. The Hall–Kier alpha value is -1.82. The molecule has 1 aliphatic rings. The fourth-order valence-corrected chi connectivity index (χ4v) is 2.34. The van der Waals surface area contributed by atoms with Crippen molar-refractivity contribution in [1.82, 2.24) is 9.80 Å². The second-order valence-corrected chi connectivity index (χ2v) is 6.75. The molecule has 0 aromatic carbocycles. The zero-order valence-electron chi connectivity index (χ0n) is 15.1. The number of amides is 2. The number of ketones is 2. The van der Waals surface area contributed by atoms with E-state index >= 15 is 0 Å². The molecule has 2 amide bonds. The maximum Gasteiger partial charge on any atom is 0.253 e. The van der Waals surface area contributed by atoms with Crippen LogP contribution in [-0.4, -0.2) is 59.4 Å². The molecule has 0 fully saturated rings. The van der Waals surface area contributed by atoms with E-state index in [4.69, 9.17) is 0 Å². The SMILES string of the molecule is CC(C)C(=O)CCN(CCC(=O)C(C)C)CCN1C(=O)C=CC1=O. The molecule has 6 heteroatoms. The molecule has 6 nitrogen and oxygen atoms in total. The van der Waals surface area contributed by atoms with Crippen molar-refractivity contribution in [3.63, 3.8) is 0 Å². The minimum Gasteiger partial charge on any atom is -0.301 e. The largest absolute Gasteiger partial charge is 0.301 e. The van der Waals surface area contributed by atoms with Gasteiger partial charge < -0.3 is 4.90 Å². The van der Waals surface area contributed by atoms with Gasteiger partial charge in [-0.05, 0) is 0 Å². The van der Waals surface area contributed by atoms with Gasteiger partial charge in [-0.25, -0.2) is 0 Å². The van der Waals surface area contributed by atoms with E-state index in [0.29, 0.717) is 32.5 Å². The summed E-state index contributed by atoms with van der Waals surface area (Å²) in [4.78, 5) is 50.0. The zero-order chi connectivity index (χ0) is 18.3. The van der Waals surface area contributed by atoms with E-state index in [0.717, 1.165) is 0 Å². The number of Topliss-reactive ketones (excluding diaryl/α,β-unsaturated/α-hetero) is 2. The summed E-state index contributed by atoms with van der Waals surface area (Å²) < 4.78 is 0. The van der Waals surface area contributed by atoms with E-state index in [1.165, 1.54) is 17.1 Å². The molecule has 1 heterocycles. The van der Waals surface area contributed by atoms with Gasteiger partial charge in [-0.15, -0.1) is 0 Å². The molecule has 0 unspecified atom stereocenters. The topological polar surface area (TPSA) is 74.8 Å². The third-order valence-electron chi connectivity index (χ3n) is 4.18. The van der Waals surface area contributed by atoms with E-state index in [2.05, 4.69) is 0 Å². The molecule has 0 spiro atoms. The molecule has 1 rings (SSSR count). The Morgan fingerprint density at radius 2 is 1.29 bits per heavy atom. The van der Waals surface area contributed by atoms with Crippen LogP contribution in [0.1, 0.15) is 40.5 Å². The Morgan fingerprint density at radius 3 is 1.67 bits per heavy atom. The Labute approximate surface area is 143 Å². The van der Waals surface area contributed by atoms with Gasteiger partial charge in [0.2, 0.25) is 0 Å². The van der Waals surface area contributed by atoms with Crippen LogP contribution in [0.25, 0.3) is 0 Å². The van der Waals surface area contributed by atoms with Gasteiger partial charge in [-0.1, -0.05) is 27.7 Å². The van der Waals surface area contributed by atoms with E-state index in [9.17, 15) is 19.2 Å². The van der Waals surface area contributed by atoms with Crippen molar-refractivity contribution in [2.75, 3.05) is 26.2 Å². The third-order valence-corrected chi connectivity index (χ3v) is 4.18. The molecule has 0 aromatic rings. The molecule has 134 valence electrons. The summed E-state index contributed by atoms with van der Waals surface area (Å²) in [5, 5.41) is 0. The van der Waals surface area contributed by atoms with Gasteiger partial charge >= 0.3 is 0 Å². The number of carbonyl (C=O) groups is 4. The summed E-state index contributed by atoms with van der Waals surface area (Å²) in [6, 6.07) is 0. The van der Waals surface area contributed by atoms with E-state index in [1.807, 2.05) is 32.6 Å². The molecule has 0 atom stereocenters. The van der Waals surface area contributed by atoms with E-state index < -0.39 is 0 Å². The monoisotopic (exact) mass is 336 g/mol. The van der Waals surface area contributed by atoms with Crippen LogP contribution in [-0.2, 0) is 19.2 Å². The Bertz CT molecular complexity index is 481. The molecular formula is C18H28N2O4. The normalized spacial score (nSPS) is 14.5. The summed E-state index contributed by atoms with van der Waals surface area (Å²) >= 11 is 0. The van der Waals surface area contributed by atoms with Crippen molar-refractivity contribution < 1.29 is 19.2 Å². The van der Waals surface area contributed by atoms with Gasteiger partial charge in [0.1, 0.15) is 11.6 Å². The minimum absolute atomic E-state index is 0.0184. The number of rotatable bonds is 11. The first-order chi connectivity index (χ1) is 11.2. The van der Waals surface area contributed by atoms with Crippen LogP contribution in [0.5, 0.6) is 0 Å². The summed E-state index contributed by atoms with van der Waals surface area (Å²) in [6.07, 6.45) is 3.34. The van der Waals surface area contributed by atoms with Crippen LogP contribution in [0.2, 0.25) is 0 Å².